The quantitative estimate of drug-likeness (QED) is 0.416. The Bertz CT molecular complexity index is 935. The number of nitrogens with zero attached hydrogens (tertiary/aromatic N) is 2. The lowest BCUT2D eigenvalue weighted by atomic mass is 10.1. The van der Waals surface area contributed by atoms with Crippen molar-refractivity contribution in [2.24, 2.45) is 9.98 Å². The number of aryl methyl sites for hydroxylation is 1. The molecule has 2 heteroatoms. The monoisotopic (exact) mass is 338 g/mol. The highest BCUT2D eigenvalue weighted by Crippen LogP contribution is 2.17. The second kappa shape index (κ2) is 8.21. The first kappa shape index (κ1) is 17.6. The van der Waals surface area contributed by atoms with Crippen LogP contribution in [0.2, 0.25) is 0 Å². The summed E-state index contributed by atoms with van der Waals surface area (Å²) in [5, 5.41) is 0. The molecule has 3 aromatic carbocycles. The highest BCUT2D eigenvalue weighted by molar-refractivity contribution is 6.12. The van der Waals surface area contributed by atoms with Gasteiger partial charge in [0.15, 0.2) is 5.84 Å². The fraction of sp³-hybridized carbons (Fsp3) is 0.0833. The van der Waals surface area contributed by atoms with Crippen LogP contribution in [-0.4, -0.2) is 11.5 Å². The zero-order valence-corrected chi connectivity index (χ0v) is 15.2. The fourth-order valence-corrected chi connectivity index (χ4v) is 2.58. The molecular formula is C24H22N2. The first-order valence-electron chi connectivity index (χ1n) is 8.64. The van der Waals surface area contributed by atoms with Crippen LogP contribution in [0.5, 0.6) is 0 Å². The lowest BCUT2D eigenvalue weighted by molar-refractivity contribution is 1.41. The van der Waals surface area contributed by atoms with Crippen molar-refractivity contribution in [2.45, 2.75) is 13.8 Å². The largest absolute Gasteiger partial charge is 0.233 e. The number of hydrogen-bond donors (Lipinski definition) is 0. The van der Waals surface area contributed by atoms with Crippen LogP contribution in [0.1, 0.15) is 29.2 Å². The maximum Gasteiger partial charge on any atom is 0.160 e. The minimum atomic E-state index is 0.664. The van der Waals surface area contributed by atoms with Crippen LogP contribution < -0.4 is 0 Å². The van der Waals surface area contributed by atoms with Gasteiger partial charge in [-0.3, -0.25) is 0 Å². The number of aliphatic imine (C=N–C) groups is 2. The molecule has 26 heavy (non-hydrogen) atoms. The first-order chi connectivity index (χ1) is 12.6. The van der Waals surface area contributed by atoms with E-state index in [0.717, 1.165) is 22.4 Å². The van der Waals surface area contributed by atoms with Crippen molar-refractivity contribution in [1.82, 2.24) is 0 Å². The lowest BCUT2D eigenvalue weighted by Crippen LogP contribution is -2.04. The van der Waals surface area contributed by atoms with E-state index >= 15 is 0 Å². The fourth-order valence-electron chi connectivity index (χ4n) is 2.58. The molecule has 0 fully saturated rings. The summed E-state index contributed by atoms with van der Waals surface area (Å²) in [7, 11) is 0. The van der Waals surface area contributed by atoms with E-state index in [9.17, 15) is 0 Å². The van der Waals surface area contributed by atoms with Crippen LogP contribution in [0, 0.1) is 6.92 Å². The van der Waals surface area contributed by atoms with E-state index < -0.39 is 0 Å². The molecule has 2 nitrogen and oxygen atoms in total. The average molecular weight is 338 g/mol. The molecule has 0 N–H and O–H groups in total. The Morgan fingerprint density at radius 1 is 0.654 bits per heavy atom. The maximum atomic E-state index is 4.81. The van der Waals surface area contributed by atoms with Gasteiger partial charge in [-0.25, -0.2) is 9.98 Å². The minimum absolute atomic E-state index is 0.664. The van der Waals surface area contributed by atoms with Gasteiger partial charge in [-0.1, -0.05) is 97.1 Å². The van der Waals surface area contributed by atoms with Gasteiger partial charge >= 0.3 is 0 Å². The Hall–Kier alpha value is -3.26. The van der Waals surface area contributed by atoms with Crippen molar-refractivity contribution in [1.29, 1.82) is 0 Å². The van der Waals surface area contributed by atoms with Gasteiger partial charge in [-0.05, 0) is 25.0 Å². The molecular weight excluding hydrogens is 316 g/mol. The van der Waals surface area contributed by atoms with Crippen molar-refractivity contribution >= 4 is 17.2 Å². The van der Waals surface area contributed by atoms with Crippen LogP contribution >= 0.6 is 0 Å². The third-order valence-corrected chi connectivity index (χ3v) is 4.12. The van der Waals surface area contributed by atoms with E-state index in [4.69, 9.17) is 9.98 Å². The van der Waals surface area contributed by atoms with E-state index in [1.165, 1.54) is 5.56 Å². The van der Waals surface area contributed by atoms with E-state index in [1.54, 1.807) is 0 Å². The molecule has 3 aromatic rings. The van der Waals surface area contributed by atoms with Crippen molar-refractivity contribution < 1.29 is 0 Å². The summed E-state index contributed by atoms with van der Waals surface area (Å²) in [6.07, 6.45) is 0. The minimum Gasteiger partial charge on any atom is -0.233 e. The van der Waals surface area contributed by atoms with E-state index in [2.05, 4.69) is 37.8 Å². The molecule has 0 aliphatic carbocycles. The molecule has 0 radical (unpaired) electrons. The zero-order valence-electron chi connectivity index (χ0n) is 15.2. The molecule has 0 unspecified atom stereocenters. The van der Waals surface area contributed by atoms with Crippen molar-refractivity contribution in [2.75, 3.05) is 0 Å². The second-order valence-electron chi connectivity index (χ2n) is 6.18. The average Bonchev–Trinajstić information content (AvgIpc) is 2.69. The molecule has 0 aliphatic heterocycles. The Labute approximate surface area is 155 Å². The van der Waals surface area contributed by atoms with Crippen LogP contribution in [0.4, 0.5) is 0 Å². The predicted octanol–water partition coefficient (Wildman–Crippen LogP) is 5.92. The molecule has 3 rings (SSSR count). The topological polar surface area (TPSA) is 24.7 Å². The molecule has 0 heterocycles. The van der Waals surface area contributed by atoms with Gasteiger partial charge in [-0.2, -0.15) is 0 Å². The van der Waals surface area contributed by atoms with Gasteiger partial charge in [0.1, 0.15) is 0 Å². The van der Waals surface area contributed by atoms with Gasteiger partial charge in [0, 0.05) is 11.3 Å². The highest BCUT2D eigenvalue weighted by Gasteiger charge is 2.06. The number of amidine groups is 1. The Morgan fingerprint density at radius 3 is 1.77 bits per heavy atom. The van der Waals surface area contributed by atoms with Crippen molar-refractivity contribution in [3.05, 3.63) is 114 Å². The molecule has 0 saturated carbocycles. The van der Waals surface area contributed by atoms with Crippen LogP contribution in [0.15, 0.2) is 101 Å². The zero-order chi connectivity index (χ0) is 18.4. The van der Waals surface area contributed by atoms with Gasteiger partial charge < -0.3 is 0 Å². The molecule has 0 saturated heterocycles. The van der Waals surface area contributed by atoms with E-state index in [-0.39, 0.29) is 0 Å². The summed E-state index contributed by atoms with van der Waals surface area (Å²) in [5.41, 5.74) is 5.88. The SMILES string of the molecule is C=C(N=C(N=C(C)c1ccccc1)c1ccccc1)c1ccc(C)cc1. The normalized spacial score (nSPS) is 12.1. The molecule has 0 amide bonds. The summed E-state index contributed by atoms with van der Waals surface area (Å²) < 4.78 is 0. The van der Waals surface area contributed by atoms with Crippen molar-refractivity contribution in [3.63, 3.8) is 0 Å². The van der Waals surface area contributed by atoms with Gasteiger partial charge in [0.05, 0.1) is 5.70 Å². The third kappa shape index (κ3) is 4.42. The molecule has 0 atom stereocenters. The van der Waals surface area contributed by atoms with Gasteiger partial charge in [0.2, 0.25) is 0 Å². The summed E-state index contributed by atoms with van der Waals surface area (Å²) in [5.74, 6) is 0.664. The van der Waals surface area contributed by atoms with Gasteiger partial charge in [-0.15, -0.1) is 0 Å². The smallest absolute Gasteiger partial charge is 0.160 e. The predicted molar refractivity (Wildman–Crippen MR) is 112 cm³/mol. The van der Waals surface area contributed by atoms with Gasteiger partial charge in [0.25, 0.3) is 0 Å². The molecule has 0 spiro atoms. The first-order valence-corrected chi connectivity index (χ1v) is 8.64. The molecule has 128 valence electrons. The second-order valence-corrected chi connectivity index (χ2v) is 6.18. The highest BCUT2D eigenvalue weighted by atomic mass is 14.9. The molecule has 0 aliphatic rings. The van der Waals surface area contributed by atoms with E-state index in [0.29, 0.717) is 11.5 Å². The third-order valence-electron chi connectivity index (χ3n) is 4.12. The summed E-state index contributed by atoms with van der Waals surface area (Å²) in [6.45, 7) is 8.21. The summed E-state index contributed by atoms with van der Waals surface area (Å²) >= 11 is 0. The van der Waals surface area contributed by atoms with Crippen LogP contribution in [0.25, 0.3) is 5.70 Å². The molecule has 0 bridgehead atoms. The Balaban J connectivity index is 2.01. The molecule has 0 aromatic heterocycles. The Kier molecular flexibility index (Phi) is 5.55. The van der Waals surface area contributed by atoms with Crippen LogP contribution in [0.3, 0.4) is 0 Å². The number of hydrogen-bond acceptors (Lipinski definition) is 1. The summed E-state index contributed by atoms with van der Waals surface area (Å²) in [6, 6.07) is 28.4. The van der Waals surface area contributed by atoms with E-state index in [1.807, 2.05) is 67.6 Å². The standard InChI is InChI=1S/C24H22N2/c1-18-14-16-22(17-15-18)20(3)26-24(23-12-8-5-9-13-23)25-19(2)21-10-6-4-7-11-21/h4-17H,3H2,1-2H3. The number of benzene rings is 3. The maximum absolute atomic E-state index is 4.81. The number of rotatable bonds is 4. The summed E-state index contributed by atoms with van der Waals surface area (Å²) in [4.78, 5) is 9.55. The van der Waals surface area contributed by atoms with Crippen LogP contribution in [-0.2, 0) is 0 Å². The van der Waals surface area contributed by atoms with Crippen molar-refractivity contribution in [3.8, 4) is 0 Å². The lowest BCUT2D eigenvalue weighted by Gasteiger charge is -2.07. The Morgan fingerprint density at radius 2 is 1.19 bits per heavy atom.